The maximum atomic E-state index is 12.2. The van der Waals surface area contributed by atoms with E-state index in [4.69, 9.17) is 33.7 Å². The van der Waals surface area contributed by atoms with Crippen molar-refractivity contribution in [3.05, 3.63) is 82.0 Å². The smallest absolute Gasteiger partial charge is 0.248 e. The molecule has 0 saturated heterocycles. The van der Waals surface area contributed by atoms with E-state index in [1.807, 2.05) is 6.07 Å². The maximum Gasteiger partial charge on any atom is 0.248 e. The van der Waals surface area contributed by atoms with Crippen LogP contribution in [0.2, 0.25) is 10.0 Å². The van der Waals surface area contributed by atoms with Gasteiger partial charge >= 0.3 is 0 Å². The number of carbonyl (C=O) groups is 2. The molecule has 0 radical (unpaired) electrons. The van der Waals surface area contributed by atoms with Gasteiger partial charge in [-0.2, -0.15) is 0 Å². The molecule has 0 saturated carbocycles. The molecule has 2 aromatic carbocycles. The second-order valence-corrected chi connectivity index (χ2v) is 6.93. The highest BCUT2D eigenvalue weighted by molar-refractivity contribution is 6.42. The van der Waals surface area contributed by atoms with E-state index in [-0.39, 0.29) is 12.3 Å². The number of hydrogen-bond donors (Lipinski definition) is 2. The fourth-order valence-electron chi connectivity index (χ4n) is 2.56. The third-order valence-electron chi connectivity index (χ3n) is 4.01. The number of rotatable bonds is 7. The molecule has 0 aliphatic rings. The van der Waals surface area contributed by atoms with Crippen LogP contribution in [0.4, 0.5) is 5.69 Å². The number of aryl methyl sites for hydroxylation is 1. The number of halogens is 2. The molecule has 1 aromatic heterocycles. The van der Waals surface area contributed by atoms with Gasteiger partial charge < -0.3 is 15.8 Å². The molecule has 29 heavy (non-hydrogen) atoms. The van der Waals surface area contributed by atoms with Crippen LogP contribution >= 0.6 is 23.2 Å². The van der Waals surface area contributed by atoms with E-state index in [0.717, 1.165) is 5.56 Å². The summed E-state index contributed by atoms with van der Waals surface area (Å²) in [7, 11) is 0. The SMILES string of the molecule is NC(=O)c1cccc(Oc2ccc(NC(=O)CCc3cccc(Cl)c3Cl)cn2)c1. The minimum atomic E-state index is -0.541. The van der Waals surface area contributed by atoms with E-state index in [1.54, 1.807) is 42.5 Å². The molecule has 0 unspecified atom stereocenters. The van der Waals surface area contributed by atoms with E-state index in [9.17, 15) is 9.59 Å². The van der Waals surface area contributed by atoms with Crippen LogP contribution < -0.4 is 15.8 Å². The van der Waals surface area contributed by atoms with Crippen LogP contribution in [0.5, 0.6) is 11.6 Å². The van der Waals surface area contributed by atoms with Crippen molar-refractivity contribution in [1.29, 1.82) is 0 Å². The molecule has 2 amide bonds. The summed E-state index contributed by atoms with van der Waals surface area (Å²) in [5.74, 6) is 0.0329. The van der Waals surface area contributed by atoms with E-state index in [0.29, 0.717) is 39.3 Å². The molecular weight excluding hydrogens is 413 g/mol. The van der Waals surface area contributed by atoms with E-state index in [2.05, 4.69) is 10.3 Å². The van der Waals surface area contributed by atoms with Crippen LogP contribution in [0.15, 0.2) is 60.8 Å². The summed E-state index contributed by atoms with van der Waals surface area (Å²) in [5.41, 5.74) is 6.94. The number of primary amides is 1. The zero-order valence-electron chi connectivity index (χ0n) is 15.2. The number of nitrogens with zero attached hydrogens (tertiary/aromatic N) is 1. The van der Waals surface area contributed by atoms with Gasteiger partial charge in [0.05, 0.1) is 21.9 Å². The largest absolute Gasteiger partial charge is 0.439 e. The predicted octanol–water partition coefficient (Wildman–Crippen LogP) is 4.85. The van der Waals surface area contributed by atoms with Crippen molar-refractivity contribution in [3.63, 3.8) is 0 Å². The van der Waals surface area contributed by atoms with Crippen LogP contribution in [0.25, 0.3) is 0 Å². The first kappa shape index (κ1) is 20.6. The van der Waals surface area contributed by atoms with Gasteiger partial charge in [0.2, 0.25) is 17.7 Å². The lowest BCUT2D eigenvalue weighted by atomic mass is 10.1. The number of carbonyl (C=O) groups excluding carboxylic acids is 2. The van der Waals surface area contributed by atoms with Crippen LogP contribution in [-0.4, -0.2) is 16.8 Å². The zero-order valence-corrected chi connectivity index (χ0v) is 16.7. The Labute approximate surface area is 177 Å². The third-order valence-corrected chi connectivity index (χ3v) is 4.87. The number of aromatic nitrogens is 1. The van der Waals surface area contributed by atoms with Crippen molar-refractivity contribution >= 4 is 40.7 Å². The van der Waals surface area contributed by atoms with Crippen LogP contribution in [0.3, 0.4) is 0 Å². The Bertz CT molecular complexity index is 1040. The van der Waals surface area contributed by atoms with Crippen LogP contribution in [-0.2, 0) is 11.2 Å². The Balaban J connectivity index is 1.56. The van der Waals surface area contributed by atoms with Gasteiger partial charge in [-0.15, -0.1) is 0 Å². The molecule has 0 atom stereocenters. The lowest BCUT2D eigenvalue weighted by Gasteiger charge is -2.09. The van der Waals surface area contributed by atoms with Gasteiger partial charge in [0.25, 0.3) is 0 Å². The van der Waals surface area contributed by atoms with Gasteiger partial charge in [0.1, 0.15) is 5.75 Å². The molecular formula is C21H17Cl2N3O3. The minimum absolute atomic E-state index is 0.175. The Morgan fingerprint density at radius 3 is 2.59 bits per heavy atom. The second-order valence-electron chi connectivity index (χ2n) is 6.14. The number of anilines is 1. The molecule has 0 aliphatic carbocycles. The summed E-state index contributed by atoms with van der Waals surface area (Å²) >= 11 is 12.1. The summed E-state index contributed by atoms with van der Waals surface area (Å²) in [6.07, 6.45) is 2.20. The van der Waals surface area contributed by atoms with Gasteiger partial charge in [-0.25, -0.2) is 4.98 Å². The topological polar surface area (TPSA) is 94.3 Å². The Morgan fingerprint density at radius 1 is 1.07 bits per heavy atom. The van der Waals surface area contributed by atoms with Crippen molar-refractivity contribution < 1.29 is 14.3 Å². The summed E-state index contributed by atoms with van der Waals surface area (Å²) in [6, 6.07) is 15.1. The summed E-state index contributed by atoms with van der Waals surface area (Å²) in [5, 5.41) is 3.69. The summed E-state index contributed by atoms with van der Waals surface area (Å²) in [4.78, 5) is 27.6. The fourth-order valence-corrected chi connectivity index (χ4v) is 2.98. The first-order valence-electron chi connectivity index (χ1n) is 8.69. The van der Waals surface area contributed by atoms with Gasteiger partial charge in [-0.05, 0) is 42.3 Å². The normalized spacial score (nSPS) is 10.4. The molecule has 3 aromatic rings. The van der Waals surface area contributed by atoms with Crippen LogP contribution in [0.1, 0.15) is 22.3 Å². The molecule has 148 valence electrons. The quantitative estimate of drug-likeness (QED) is 0.560. The maximum absolute atomic E-state index is 12.2. The Morgan fingerprint density at radius 2 is 1.86 bits per heavy atom. The Kier molecular flexibility index (Phi) is 6.69. The molecule has 1 heterocycles. The lowest BCUT2D eigenvalue weighted by Crippen LogP contribution is -2.12. The molecule has 0 aliphatic heterocycles. The average Bonchev–Trinajstić information content (AvgIpc) is 2.71. The van der Waals surface area contributed by atoms with E-state index >= 15 is 0 Å². The van der Waals surface area contributed by atoms with Crippen LogP contribution in [0, 0.1) is 0 Å². The predicted molar refractivity (Wildman–Crippen MR) is 113 cm³/mol. The Hall–Kier alpha value is -3.09. The molecule has 8 heteroatoms. The fraction of sp³-hybridized carbons (Fsp3) is 0.0952. The highest BCUT2D eigenvalue weighted by atomic mass is 35.5. The van der Waals surface area contributed by atoms with Crippen molar-refractivity contribution in [2.24, 2.45) is 5.73 Å². The van der Waals surface area contributed by atoms with E-state index in [1.165, 1.54) is 12.3 Å². The monoisotopic (exact) mass is 429 g/mol. The zero-order chi connectivity index (χ0) is 20.8. The number of pyridine rings is 1. The third kappa shape index (κ3) is 5.70. The van der Waals surface area contributed by atoms with Crippen molar-refractivity contribution in [3.8, 4) is 11.6 Å². The highest BCUT2D eigenvalue weighted by Gasteiger charge is 2.09. The number of nitrogens with one attached hydrogen (secondary N) is 1. The number of ether oxygens (including phenoxy) is 1. The standard InChI is InChI=1S/C21H17Cl2N3O3/c22-17-6-2-3-13(20(17)23)7-9-18(27)26-15-8-10-19(25-12-15)29-16-5-1-4-14(11-16)21(24)28/h1-6,8,10-12H,7,9H2,(H2,24,28)(H,26,27). The van der Waals surface area contributed by atoms with Gasteiger partial charge in [-0.3, -0.25) is 9.59 Å². The summed E-state index contributed by atoms with van der Waals surface area (Å²) < 4.78 is 5.60. The molecule has 3 rings (SSSR count). The van der Waals surface area contributed by atoms with Crippen molar-refractivity contribution in [2.45, 2.75) is 12.8 Å². The summed E-state index contributed by atoms with van der Waals surface area (Å²) in [6.45, 7) is 0. The first-order chi connectivity index (χ1) is 13.9. The van der Waals surface area contributed by atoms with E-state index < -0.39 is 5.91 Å². The van der Waals surface area contributed by atoms with Gasteiger partial charge in [0.15, 0.2) is 0 Å². The molecule has 0 spiro atoms. The number of nitrogens with two attached hydrogens (primary N) is 1. The van der Waals surface area contributed by atoms with Gasteiger partial charge in [0, 0.05) is 18.1 Å². The average molecular weight is 430 g/mol. The van der Waals surface area contributed by atoms with Crippen molar-refractivity contribution in [2.75, 3.05) is 5.32 Å². The molecule has 0 fully saturated rings. The minimum Gasteiger partial charge on any atom is -0.439 e. The number of amides is 2. The lowest BCUT2D eigenvalue weighted by molar-refractivity contribution is -0.116. The second kappa shape index (κ2) is 9.41. The first-order valence-corrected chi connectivity index (χ1v) is 9.44. The molecule has 0 bridgehead atoms. The highest BCUT2D eigenvalue weighted by Crippen LogP contribution is 2.26. The van der Waals surface area contributed by atoms with Crippen molar-refractivity contribution in [1.82, 2.24) is 4.98 Å². The number of hydrogen-bond acceptors (Lipinski definition) is 4. The number of benzene rings is 2. The molecule has 6 nitrogen and oxygen atoms in total. The molecule has 3 N–H and O–H groups in total. The van der Waals surface area contributed by atoms with Gasteiger partial charge in [-0.1, -0.05) is 41.4 Å².